The molecule has 9 nitrogen and oxygen atoms in total. The number of carbonyl (C=O) groups excluding carboxylic acids is 1. The number of aromatic nitrogens is 4. The Bertz CT molecular complexity index is 1040. The zero-order valence-corrected chi connectivity index (χ0v) is 17.8. The van der Waals surface area contributed by atoms with E-state index >= 15 is 0 Å². The van der Waals surface area contributed by atoms with Crippen LogP contribution in [0.3, 0.4) is 0 Å². The number of nitrogens with zero attached hydrogens (tertiary/aromatic N) is 2. The van der Waals surface area contributed by atoms with E-state index in [-0.39, 0.29) is 23.5 Å². The molecule has 1 aliphatic rings. The van der Waals surface area contributed by atoms with E-state index in [9.17, 15) is 9.59 Å². The van der Waals surface area contributed by atoms with Gasteiger partial charge < -0.3 is 25.3 Å². The van der Waals surface area contributed by atoms with Crippen molar-refractivity contribution in [2.24, 2.45) is 0 Å². The first kappa shape index (κ1) is 19.4. The molecule has 1 amide bonds. The van der Waals surface area contributed by atoms with Crippen molar-refractivity contribution in [2.75, 3.05) is 29.5 Å². The standard InChI is InChI=1S/C16H17BrN6O3S2/c17-9-4-11-12(21-14(25)20-11)5-10(9)19-13(24)7-27-16-23-22-15(28-16)18-6-8-2-1-3-26-8/h4-5,8H,1-3,6-7H2,(H,18,22)(H,19,24)(H2,20,21,25)/t8-/m0/s1. The third-order valence-corrected chi connectivity index (χ3v) is 6.79. The van der Waals surface area contributed by atoms with E-state index < -0.39 is 0 Å². The predicted octanol–water partition coefficient (Wildman–Crippen LogP) is 2.79. The van der Waals surface area contributed by atoms with Gasteiger partial charge in [-0.2, -0.15) is 0 Å². The summed E-state index contributed by atoms with van der Waals surface area (Å²) in [6.07, 6.45) is 2.39. The number of H-pyrrole nitrogens is 2. The minimum Gasteiger partial charge on any atom is -0.376 e. The first-order valence-corrected chi connectivity index (χ1v) is 11.2. The lowest BCUT2D eigenvalue weighted by Gasteiger charge is -2.08. The van der Waals surface area contributed by atoms with Crippen LogP contribution in [0.25, 0.3) is 11.0 Å². The molecule has 1 aliphatic heterocycles. The van der Waals surface area contributed by atoms with Gasteiger partial charge in [0.15, 0.2) is 4.34 Å². The van der Waals surface area contributed by atoms with Gasteiger partial charge >= 0.3 is 5.69 Å². The average Bonchev–Trinajstić information content (AvgIpc) is 3.39. The van der Waals surface area contributed by atoms with Gasteiger partial charge in [-0.15, -0.1) is 10.2 Å². The molecule has 1 aromatic carbocycles. The van der Waals surface area contributed by atoms with Crippen LogP contribution in [0.4, 0.5) is 10.8 Å². The van der Waals surface area contributed by atoms with Gasteiger partial charge in [-0.1, -0.05) is 23.1 Å². The van der Waals surface area contributed by atoms with Crippen molar-refractivity contribution in [2.45, 2.75) is 23.3 Å². The Kier molecular flexibility index (Phi) is 5.99. The largest absolute Gasteiger partial charge is 0.376 e. The number of thioether (sulfide) groups is 1. The molecule has 0 unspecified atom stereocenters. The number of anilines is 2. The second-order valence-electron chi connectivity index (χ2n) is 6.18. The number of benzene rings is 1. The van der Waals surface area contributed by atoms with E-state index in [0.717, 1.165) is 35.5 Å². The Hall–Kier alpha value is -1.89. The van der Waals surface area contributed by atoms with Crippen LogP contribution in [-0.4, -0.2) is 51.1 Å². The normalized spacial score (nSPS) is 16.5. The van der Waals surface area contributed by atoms with Gasteiger partial charge in [-0.25, -0.2) is 4.79 Å². The third kappa shape index (κ3) is 4.74. The number of hydrogen-bond donors (Lipinski definition) is 4. The quantitative estimate of drug-likeness (QED) is 0.380. The molecule has 148 valence electrons. The van der Waals surface area contributed by atoms with E-state index in [1.165, 1.54) is 23.1 Å². The Morgan fingerprint density at radius 1 is 1.36 bits per heavy atom. The Labute approximate surface area is 176 Å². The molecule has 0 aliphatic carbocycles. The van der Waals surface area contributed by atoms with Crippen molar-refractivity contribution >= 4 is 66.8 Å². The Morgan fingerprint density at radius 3 is 2.96 bits per heavy atom. The van der Waals surface area contributed by atoms with E-state index in [0.29, 0.717) is 21.2 Å². The van der Waals surface area contributed by atoms with Gasteiger partial charge in [-0.3, -0.25) is 4.79 Å². The van der Waals surface area contributed by atoms with Crippen molar-refractivity contribution in [3.8, 4) is 0 Å². The second kappa shape index (κ2) is 8.64. The van der Waals surface area contributed by atoms with Crippen LogP contribution in [0.15, 0.2) is 25.7 Å². The molecule has 0 saturated carbocycles. The fraction of sp³-hybridized carbons (Fsp3) is 0.375. The predicted molar refractivity (Wildman–Crippen MR) is 113 cm³/mol. The van der Waals surface area contributed by atoms with Crippen LogP contribution in [0, 0.1) is 0 Å². The number of halogens is 1. The van der Waals surface area contributed by atoms with Gasteiger partial charge in [0.05, 0.1) is 28.6 Å². The summed E-state index contributed by atoms with van der Waals surface area (Å²) in [5, 5.41) is 15.0. The average molecular weight is 485 g/mol. The fourth-order valence-electron chi connectivity index (χ4n) is 2.81. The minimum absolute atomic E-state index is 0.174. The molecule has 3 heterocycles. The minimum atomic E-state index is -0.291. The maximum atomic E-state index is 12.3. The summed E-state index contributed by atoms with van der Waals surface area (Å²) in [5.74, 6) is 0.0288. The van der Waals surface area contributed by atoms with Crippen LogP contribution in [0.5, 0.6) is 0 Å². The molecule has 2 aromatic heterocycles. The zero-order valence-electron chi connectivity index (χ0n) is 14.6. The van der Waals surface area contributed by atoms with Gasteiger partial charge in [0, 0.05) is 17.6 Å². The molecule has 12 heteroatoms. The van der Waals surface area contributed by atoms with Crippen LogP contribution in [-0.2, 0) is 9.53 Å². The van der Waals surface area contributed by atoms with E-state index in [1.54, 1.807) is 12.1 Å². The van der Waals surface area contributed by atoms with Crippen LogP contribution < -0.4 is 16.3 Å². The third-order valence-electron chi connectivity index (χ3n) is 4.12. The summed E-state index contributed by atoms with van der Waals surface area (Å²) in [6.45, 7) is 1.54. The van der Waals surface area contributed by atoms with Crippen molar-refractivity contribution in [1.82, 2.24) is 20.2 Å². The van der Waals surface area contributed by atoms with Gasteiger partial charge in [0.1, 0.15) is 0 Å². The summed E-state index contributed by atoms with van der Waals surface area (Å²) in [6, 6.07) is 3.45. The molecule has 4 rings (SSSR count). The van der Waals surface area contributed by atoms with Gasteiger partial charge in [-0.05, 0) is 40.9 Å². The number of amides is 1. The monoisotopic (exact) mass is 484 g/mol. The molecule has 3 aromatic rings. The number of aromatic amines is 2. The number of hydrogen-bond acceptors (Lipinski definition) is 8. The Balaban J connectivity index is 1.29. The highest BCUT2D eigenvalue weighted by molar-refractivity contribution is 9.10. The SMILES string of the molecule is O=C(CSc1nnc(NC[C@@H]2CCCO2)s1)Nc1cc2[nH]c(=O)[nH]c2cc1Br. The van der Waals surface area contributed by atoms with Crippen LogP contribution >= 0.6 is 39.0 Å². The smallest absolute Gasteiger partial charge is 0.323 e. The number of fused-ring (bicyclic) bond motifs is 1. The highest BCUT2D eigenvalue weighted by Gasteiger charge is 2.16. The summed E-state index contributed by atoms with van der Waals surface area (Å²) in [7, 11) is 0. The molecule has 28 heavy (non-hydrogen) atoms. The zero-order chi connectivity index (χ0) is 19.5. The van der Waals surface area contributed by atoms with Crippen molar-refractivity contribution in [3.63, 3.8) is 0 Å². The first-order chi connectivity index (χ1) is 13.6. The van der Waals surface area contributed by atoms with Crippen molar-refractivity contribution in [1.29, 1.82) is 0 Å². The lowest BCUT2D eigenvalue weighted by molar-refractivity contribution is -0.113. The lowest BCUT2D eigenvalue weighted by atomic mass is 10.2. The number of ether oxygens (including phenoxy) is 1. The van der Waals surface area contributed by atoms with E-state index in [2.05, 4.69) is 46.7 Å². The molecular formula is C16H17BrN6O3S2. The van der Waals surface area contributed by atoms with Crippen molar-refractivity contribution in [3.05, 3.63) is 27.1 Å². The molecule has 0 bridgehead atoms. The molecule has 1 atom stereocenters. The van der Waals surface area contributed by atoms with Gasteiger partial charge in [0.2, 0.25) is 11.0 Å². The number of imidazole rings is 1. The number of nitrogens with one attached hydrogen (secondary N) is 4. The van der Waals surface area contributed by atoms with E-state index in [4.69, 9.17) is 4.74 Å². The van der Waals surface area contributed by atoms with Crippen LogP contribution in [0.1, 0.15) is 12.8 Å². The second-order valence-corrected chi connectivity index (χ2v) is 9.24. The molecule has 1 saturated heterocycles. The molecule has 0 spiro atoms. The highest BCUT2D eigenvalue weighted by atomic mass is 79.9. The lowest BCUT2D eigenvalue weighted by Crippen LogP contribution is -2.18. The van der Waals surface area contributed by atoms with Crippen molar-refractivity contribution < 1.29 is 9.53 Å². The summed E-state index contributed by atoms with van der Waals surface area (Å²) < 4.78 is 6.97. The topological polar surface area (TPSA) is 125 Å². The fourth-order valence-corrected chi connectivity index (χ4v) is 4.81. The van der Waals surface area contributed by atoms with Crippen LogP contribution in [0.2, 0.25) is 0 Å². The summed E-state index contributed by atoms with van der Waals surface area (Å²) in [4.78, 5) is 29.0. The number of rotatable bonds is 7. The maximum absolute atomic E-state index is 12.3. The molecular weight excluding hydrogens is 468 g/mol. The first-order valence-electron chi connectivity index (χ1n) is 8.60. The molecule has 1 fully saturated rings. The summed E-state index contributed by atoms with van der Waals surface area (Å²) in [5.41, 5.74) is 1.59. The maximum Gasteiger partial charge on any atom is 0.323 e. The van der Waals surface area contributed by atoms with Gasteiger partial charge in [0.25, 0.3) is 0 Å². The summed E-state index contributed by atoms with van der Waals surface area (Å²) >= 11 is 6.14. The highest BCUT2D eigenvalue weighted by Crippen LogP contribution is 2.28. The number of carbonyl (C=O) groups is 1. The van der Waals surface area contributed by atoms with E-state index in [1.807, 2.05) is 0 Å². The Morgan fingerprint density at radius 2 is 2.18 bits per heavy atom. The molecule has 4 N–H and O–H groups in total. The molecule has 0 radical (unpaired) electrons.